The molecule has 0 saturated carbocycles. The molecule has 0 radical (unpaired) electrons. The third kappa shape index (κ3) is 53.9. The molecule has 1 atom stereocenters. The Morgan fingerprint density at radius 3 is 0.851 bits per heavy atom. The molecule has 0 rings (SSSR count). The number of carbonyl (C=O) groups is 3. The van der Waals surface area contributed by atoms with Crippen molar-refractivity contribution in [3.8, 4) is 0 Å². The van der Waals surface area contributed by atoms with E-state index in [-0.39, 0.29) is 31.1 Å². The number of allylic oxidation sites excluding steroid dienone is 10. The van der Waals surface area contributed by atoms with Gasteiger partial charge in [0, 0.05) is 19.3 Å². The first-order valence-corrected chi connectivity index (χ1v) is 28.8. The molecular formula is C61H108O6. The van der Waals surface area contributed by atoms with Crippen LogP contribution in [0.5, 0.6) is 0 Å². The lowest BCUT2D eigenvalue weighted by Crippen LogP contribution is -2.30. The molecule has 0 aromatic rings. The van der Waals surface area contributed by atoms with Crippen LogP contribution in [0.1, 0.15) is 290 Å². The molecule has 6 heteroatoms. The smallest absolute Gasteiger partial charge is 0.306 e. The molecule has 6 nitrogen and oxygen atoms in total. The predicted octanol–water partition coefficient (Wildman–Crippen LogP) is 19.2. The van der Waals surface area contributed by atoms with Gasteiger partial charge >= 0.3 is 17.9 Å². The van der Waals surface area contributed by atoms with Crippen LogP contribution in [0.2, 0.25) is 0 Å². The van der Waals surface area contributed by atoms with Gasteiger partial charge in [-0.2, -0.15) is 0 Å². The van der Waals surface area contributed by atoms with Crippen LogP contribution in [0.3, 0.4) is 0 Å². The summed E-state index contributed by atoms with van der Waals surface area (Å²) in [6, 6.07) is 0. The zero-order chi connectivity index (χ0) is 48.6. The highest BCUT2D eigenvalue weighted by molar-refractivity contribution is 5.71. The van der Waals surface area contributed by atoms with Crippen LogP contribution in [-0.4, -0.2) is 37.2 Å². The molecule has 0 aromatic heterocycles. The van der Waals surface area contributed by atoms with Crippen LogP contribution in [0.25, 0.3) is 0 Å². The monoisotopic (exact) mass is 937 g/mol. The van der Waals surface area contributed by atoms with Crippen molar-refractivity contribution in [2.24, 2.45) is 0 Å². The Morgan fingerprint density at radius 2 is 0.537 bits per heavy atom. The Labute approximate surface area is 415 Å². The largest absolute Gasteiger partial charge is 0.462 e. The van der Waals surface area contributed by atoms with E-state index in [1.54, 1.807) is 0 Å². The standard InChI is InChI=1S/C61H108O6/c1-4-7-10-13-16-19-22-25-28-31-34-36-39-42-45-48-51-54-60(63)66-57-58(67-61(64)55-52-49-46-43-40-37-33-30-27-24-21-18-15-12-9-6-3)56-65-59(62)53-50-47-44-41-38-35-32-29-26-23-20-17-14-11-8-5-2/h25,28-30,32-33,35,37-38,40,58H,4-24,26-27,31,34,36,39,41-57H2,1-3H3/b28-25-,32-29-,33-30-,38-35-,40-37-. The number of rotatable bonds is 52. The molecule has 0 heterocycles. The van der Waals surface area contributed by atoms with Crippen molar-refractivity contribution >= 4 is 17.9 Å². The normalized spacial score (nSPS) is 12.5. The number of hydrogen-bond donors (Lipinski definition) is 0. The number of unbranched alkanes of at least 4 members (excludes halogenated alkanes) is 33. The van der Waals surface area contributed by atoms with Gasteiger partial charge in [0.1, 0.15) is 13.2 Å². The summed E-state index contributed by atoms with van der Waals surface area (Å²) >= 11 is 0. The summed E-state index contributed by atoms with van der Waals surface area (Å²) in [5.74, 6) is -0.943. The molecular weight excluding hydrogens is 829 g/mol. The first kappa shape index (κ1) is 64.1. The minimum atomic E-state index is -0.800. The fourth-order valence-electron chi connectivity index (χ4n) is 8.13. The van der Waals surface area contributed by atoms with E-state index in [9.17, 15) is 14.4 Å². The first-order valence-electron chi connectivity index (χ1n) is 28.8. The van der Waals surface area contributed by atoms with Crippen LogP contribution in [0, 0.1) is 0 Å². The highest BCUT2D eigenvalue weighted by Gasteiger charge is 2.19. The number of ether oxygens (including phenoxy) is 3. The Balaban J connectivity index is 4.46. The van der Waals surface area contributed by atoms with E-state index in [1.165, 1.54) is 167 Å². The van der Waals surface area contributed by atoms with Crippen molar-refractivity contribution in [2.75, 3.05) is 13.2 Å². The minimum absolute atomic E-state index is 0.0949. The molecule has 0 bridgehead atoms. The molecule has 0 saturated heterocycles. The van der Waals surface area contributed by atoms with Gasteiger partial charge in [-0.15, -0.1) is 0 Å². The van der Waals surface area contributed by atoms with Crippen molar-refractivity contribution in [3.05, 3.63) is 60.8 Å². The quantitative estimate of drug-likeness (QED) is 0.0199. The summed E-state index contributed by atoms with van der Waals surface area (Å²) in [6.45, 7) is 6.60. The van der Waals surface area contributed by atoms with Crippen molar-refractivity contribution < 1.29 is 28.6 Å². The summed E-state index contributed by atoms with van der Waals surface area (Å²) in [7, 11) is 0. The van der Waals surface area contributed by atoms with E-state index in [1.807, 2.05) is 0 Å². The van der Waals surface area contributed by atoms with E-state index in [0.29, 0.717) is 19.3 Å². The molecule has 1 unspecified atom stereocenters. The van der Waals surface area contributed by atoms with Gasteiger partial charge in [-0.25, -0.2) is 0 Å². The van der Waals surface area contributed by atoms with Gasteiger partial charge in [0.05, 0.1) is 0 Å². The Hall–Kier alpha value is -2.89. The number of esters is 3. The Kier molecular flexibility index (Phi) is 53.3. The SMILES string of the molecule is CCCCCCCC/C=C\CCCCCCCCCC(=O)OCC(COC(=O)CCCCC/C=C\C=C/CCCCCCCCC)OC(=O)CCCCC/C=C\C=C/CCCCCCCCC. The topological polar surface area (TPSA) is 78.9 Å². The number of hydrogen-bond acceptors (Lipinski definition) is 6. The van der Waals surface area contributed by atoms with E-state index in [2.05, 4.69) is 81.5 Å². The second kappa shape index (κ2) is 55.7. The molecule has 0 spiro atoms. The third-order valence-corrected chi connectivity index (χ3v) is 12.5. The molecule has 67 heavy (non-hydrogen) atoms. The van der Waals surface area contributed by atoms with Gasteiger partial charge in [0.25, 0.3) is 0 Å². The Bertz CT molecular complexity index is 1210. The van der Waals surface area contributed by atoms with Crippen LogP contribution in [0.15, 0.2) is 60.8 Å². The maximum atomic E-state index is 12.8. The maximum Gasteiger partial charge on any atom is 0.306 e. The van der Waals surface area contributed by atoms with E-state index in [4.69, 9.17) is 14.2 Å². The van der Waals surface area contributed by atoms with Gasteiger partial charge in [-0.3, -0.25) is 14.4 Å². The lowest BCUT2D eigenvalue weighted by atomic mass is 10.1. The van der Waals surface area contributed by atoms with Crippen molar-refractivity contribution in [1.29, 1.82) is 0 Å². The molecule has 388 valence electrons. The van der Waals surface area contributed by atoms with Gasteiger partial charge < -0.3 is 14.2 Å². The summed E-state index contributed by atoms with van der Waals surface area (Å²) in [6.07, 6.45) is 69.2. The van der Waals surface area contributed by atoms with Crippen LogP contribution >= 0.6 is 0 Å². The lowest BCUT2D eigenvalue weighted by Gasteiger charge is -2.18. The van der Waals surface area contributed by atoms with Crippen LogP contribution in [-0.2, 0) is 28.6 Å². The van der Waals surface area contributed by atoms with Crippen molar-refractivity contribution in [3.63, 3.8) is 0 Å². The van der Waals surface area contributed by atoms with Gasteiger partial charge in [0.2, 0.25) is 0 Å². The molecule has 0 aliphatic carbocycles. The molecule has 0 fully saturated rings. The van der Waals surface area contributed by atoms with E-state index < -0.39 is 6.10 Å². The van der Waals surface area contributed by atoms with Gasteiger partial charge in [0.15, 0.2) is 6.10 Å². The fraction of sp³-hybridized carbons (Fsp3) is 0.787. The summed E-state index contributed by atoms with van der Waals surface area (Å²) < 4.78 is 16.8. The van der Waals surface area contributed by atoms with Crippen molar-refractivity contribution in [2.45, 2.75) is 297 Å². The summed E-state index contributed by atoms with van der Waals surface area (Å²) in [5.41, 5.74) is 0. The molecule has 0 amide bonds. The lowest BCUT2D eigenvalue weighted by molar-refractivity contribution is -0.167. The molecule has 0 aliphatic rings. The Morgan fingerprint density at radius 1 is 0.299 bits per heavy atom. The predicted molar refractivity (Wildman–Crippen MR) is 288 cm³/mol. The second-order valence-electron chi connectivity index (χ2n) is 19.3. The fourth-order valence-corrected chi connectivity index (χ4v) is 8.13. The zero-order valence-corrected chi connectivity index (χ0v) is 44.4. The van der Waals surface area contributed by atoms with Crippen molar-refractivity contribution in [1.82, 2.24) is 0 Å². The minimum Gasteiger partial charge on any atom is -0.462 e. The first-order chi connectivity index (χ1) is 33.0. The van der Waals surface area contributed by atoms with E-state index in [0.717, 1.165) is 83.5 Å². The number of carbonyl (C=O) groups excluding carboxylic acids is 3. The highest BCUT2D eigenvalue weighted by Crippen LogP contribution is 2.14. The van der Waals surface area contributed by atoms with E-state index >= 15 is 0 Å². The maximum absolute atomic E-state index is 12.8. The van der Waals surface area contributed by atoms with Crippen LogP contribution in [0.4, 0.5) is 0 Å². The van der Waals surface area contributed by atoms with Crippen LogP contribution < -0.4 is 0 Å². The average molecular weight is 938 g/mol. The van der Waals surface area contributed by atoms with Gasteiger partial charge in [-0.1, -0.05) is 236 Å². The summed E-state index contributed by atoms with van der Waals surface area (Å²) in [4.78, 5) is 38.1. The highest BCUT2D eigenvalue weighted by atomic mass is 16.6. The average Bonchev–Trinajstić information content (AvgIpc) is 3.33. The second-order valence-corrected chi connectivity index (χ2v) is 19.3. The van der Waals surface area contributed by atoms with Gasteiger partial charge in [-0.05, 0) is 96.3 Å². The third-order valence-electron chi connectivity index (χ3n) is 12.5. The molecule has 0 aromatic carbocycles. The molecule has 0 N–H and O–H groups in total. The summed E-state index contributed by atoms with van der Waals surface area (Å²) in [5, 5.41) is 0. The zero-order valence-electron chi connectivity index (χ0n) is 44.4. The molecule has 0 aliphatic heterocycles.